The van der Waals surface area contributed by atoms with Crippen LogP contribution >= 0.6 is 0 Å². The molecule has 0 aromatic carbocycles. The first-order valence-electron chi connectivity index (χ1n) is 6.20. The van der Waals surface area contributed by atoms with Crippen LogP contribution in [0.4, 0.5) is 0 Å². The van der Waals surface area contributed by atoms with Crippen molar-refractivity contribution in [1.29, 1.82) is 0 Å². The van der Waals surface area contributed by atoms with Gasteiger partial charge in [0.05, 0.1) is 0 Å². The fourth-order valence-corrected chi connectivity index (χ4v) is 2.38. The van der Waals surface area contributed by atoms with Gasteiger partial charge in [0.25, 0.3) is 0 Å². The Morgan fingerprint density at radius 1 is 1.53 bits per heavy atom. The van der Waals surface area contributed by atoms with E-state index in [-0.39, 0.29) is 0 Å². The number of rotatable bonds is 5. The molecule has 2 N–H and O–H groups in total. The number of likely N-dealkylation sites (tertiary alicyclic amines) is 1. The molecule has 0 bridgehead atoms. The highest BCUT2D eigenvalue weighted by atomic mass is 15.1. The zero-order chi connectivity index (χ0) is 11.3. The van der Waals surface area contributed by atoms with Crippen molar-refractivity contribution in [3.8, 4) is 0 Å². The van der Waals surface area contributed by atoms with Gasteiger partial charge in [0.2, 0.25) is 0 Å². The fourth-order valence-electron chi connectivity index (χ4n) is 2.38. The highest BCUT2D eigenvalue weighted by Gasteiger charge is 2.18. The smallest absolute Gasteiger partial charge is 0.00226 e. The number of piperidine rings is 1. The first-order chi connectivity index (χ1) is 7.08. The number of nitrogens with two attached hydrogens (primary N) is 1. The molecule has 3 nitrogen and oxygen atoms in total. The van der Waals surface area contributed by atoms with Gasteiger partial charge in [-0.2, -0.15) is 0 Å². The Bertz CT molecular complexity index is 170. The van der Waals surface area contributed by atoms with Gasteiger partial charge in [-0.25, -0.2) is 0 Å². The summed E-state index contributed by atoms with van der Waals surface area (Å²) in [5.74, 6) is 0.863. The van der Waals surface area contributed by atoms with Crippen molar-refractivity contribution in [3.63, 3.8) is 0 Å². The third kappa shape index (κ3) is 5.50. The number of hydrogen-bond acceptors (Lipinski definition) is 3. The maximum atomic E-state index is 5.76. The van der Waals surface area contributed by atoms with Crippen LogP contribution in [0.15, 0.2) is 0 Å². The second kappa shape index (κ2) is 6.46. The highest BCUT2D eigenvalue weighted by molar-refractivity contribution is 4.73. The quantitative estimate of drug-likeness (QED) is 0.739. The number of nitrogens with zero attached hydrogens (tertiary/aromatic N) is 2. The van der Waals surface area contributed by atoms with Gasteiger partial charge in [0.15, 0.2) is 0 Å². The lowest BCUT2D eigenvalue weighted by molar-refractivity contribution is 0.165. The van der Waals surface area contributed by atoms with Crippen LogP contribution in [0.3, 0.4) is 0 Å². The molecule has 0 radical (unpaired) electrons. The standard InChI is InChI=1S/C12H27N3/c1-11(13)6-8-15(3)10-12-5-4-7-14(2)9-12/h11-12H,4-10,13H2,1-3H3. The SMILES string of the molecule is CC(N)CCN(C)CC1CCCN(C)C1. The summed E-state index contributed by atoms with van der Waals surface area (Å²) in [7, 11) is 4.45. The van der Waals surface area contributed by atoms with Crippen LogP contribution in [-0.4, -0.2) is 56.1 Å². The highest BCUT2D eigenvalue weighted by Crippen LogP contribution is 2.15. The Morgan fingerprint density at radius 2 is 2.27 bits per heavy atom. The van der Waals surface area contributed by atoms with Gasteiger partial charge < -0.3 is 15.5 Å². The molecule has 2 atom stereocenters. The van der Waals surface area contributed by atoms with E-state index in [1.807, 2.05) is 0 Å². The molecule has 1 aliphatic rings. The maximum Gasteiger partial charge on any atom is 0.00226 e. The van der Waals surface area contributed by atoms with Crippen molar-refractivity contribution >= 4 is 0 Å². The largest absolute Gasteiger partial charge is 0.328 e. The van der Waals surface area contributed by atoms with Crippen LogP contribution in [0.2, 0.25) is 0 Å². The zero-order valence-corrected chi connectivity index (χ0v) is 10.6. The van der Waals surface area contributed by atoms with Crippen LogP contribution < -0.4 is 5.73 Å². The molecule has 1 fully saturated rings. The van der Waals surface area contributed by atoms with E-state index in [0.717, 1.165) is 18.9 Å². The average molecular weight is 213 g/mol. The van der Waals surface area contributed by atoms with Crippen molar-refractivity contribution in [2.75, 3.05) is 40.3 Å². The fraction of sp³-hybridized carbons (Fsp3) is 1.00. The van der Waals surface area contributed by atoms with E-state index in [4.69, 9.17) is 5.73 Å². The Hall–Kier alpha value is -0.120. The Labute approximate surface area is 94.6 Å². The van der Waals surface area contributed by atoms with Crippen LogP contribution in [0.1, 0.15) is 26.2 Å². The predicted molar refractivity (Wildman–Crippen MR) is 66.0 cm³/mol. The normalized spacial score (nSPS) is 25.8. The second-order valence-corrected chi connectivity index (χ2v) is 5.30. The summed E-state index contributed by atoms with van der Waals surface area (Å²) >= 11 is 0. The minimum Gasteiger partial charge on any atom is -0.328 e. The molecular formula is C12H27N3. The van der Waals surface area contributed by atoms with Crippen molar-refractivity contribution in [2.45, 2.75) is 32.2 Å². The molecule has 0 spiro atoms. The summed E-state index contributed by atoms with van der Waals surface area (Å²) in [4.78, 5) is 4.89. The average Bonchev–Trinajstić information content (AvgIpc) is 2.15. The third-order valence-corrected chi connectivity index (χ3v) is 3.26. The molecule has 2 unspecified atom stereocenters. The molecule has 0 saturated carbocycles. The van der Waals surface area contributed by atoms with E-state index in [9.17, 15) is 0 Å². The number of hydrogen-bond donors (Lipinski definition) is 1. The predicted octanol–water partition coefficient (Wildman–Crippen LogP) is 0.997. The van der Waals surface area contributed by atoms with Gasteiger partial charge in [0.1, 0.15) is 0 Å². The summed E-state index contributed by atoms with van der Waals surface area (Å²) in [5, 5.41) is 0. The van der Waals surface area contributed by atoms with E-state index < -0.39 is 0 Å². The van der Waals surface area contributed by atoms with Crippen LogP contribution in [0, 0.1) is 5.92 Å². The van der Waals surface area contributed by atoms with E-state index in [1.165, 1.54) is 32.5 Å². The molecule has 1 aliphatic heterocycles. The molecule has 90 valence electrons. The van der Waals surface area contributed by atoms with Gasteiger partial charge in [-0.3, -0.25) is 0 Å². The minimum atomic E-state index is 0.335. The van der Waals surface area contributed by atoms with Crippen LogP contribution in [-0.2, 0) is 0 Å². The lowest BCUT2D eigenvalue weighted by Gasteiger charge is -2.32. The molecule has 0 amide bonds. The molecule has 1 saturated heterocycles. The molecule has 3 heteroatoms. The van der Waals surface area contributed by atoms with Gasteiger partial charge >= 0.3 is 0 Å². The minimum absolute atomic E-state index is 0.335. The van der Waals surface area contributed by atoms with Gasteiger partial charge in [-0.05, 0) is 59.3 Å². The van der Waals surface area contributed by atoms with Crippen molar-refractivity contribution in [2.24, 2.45) is 11.7 Å². The summed E-state index contributed by atoms with van der Waals surface area (Å²) in [6.45, 7) is 7.00. The topological polar surface area (TPSA) is 32.5 Å². The Kier molecular flexibility index (Phi) is 5.58. The summed E-state index contributed by atoms with van der Waals surface area (Å²) < 4.78 is 0. The van der Waals surface area contributed by atoms with E-state index in [0.29, 0.717) is 6.04 Å². The molecular weight excluding hydrogens is 186 g/mol. The summed E-state index contributed by atoms with van der Waals surface area (Å²) in [6, 6.07) is 0.335. The molecule has 0 aromatic heterocycles. The lowest BCUT2D eigenvalue weighted by atomic mass is 9.98. The van der Waals surface area contributed by atoms with Crippen LogP contribution in [0.25, 0.3) is 0 Å². The molecule has 15 heavy (non-hydrogen) atoms. The van der Waals surface area contributed by atoms with Gasteiger partial charge in [-0.15, -0.1) is 0 Å². The van der Waals surface area contributed by atoms with E-state index >= 15 is 0 Å². The van der Waals surface area contributed by atoms with Crippen molar-refractivity contribution in [3.05, 3.63) is 0 Å². The molecule has 1 rings (SSSR count). The molecule has 0 aliphatic carbocycles. The zero-order valence-electron chi connectivity index (χ0n) is 10.6. The van der Waals surface area contributed by atoms with Crippen molar-refractivity contribution in [1.82, 2.24) is 9.80 Å². The second-order valence-electron chi connectivity index (χ2n) is 5.30. The van der Waals surface area contributed by atoms with E-state index in [1.54, 1.807) is 0 Å². The monoisotopic (exact) mass is 213 g/mol. The van der Waals surface area contributed by atoms with Crippen molar-refractivity contribution < 1.29 is 0 Å². The Morgan fingerprint density at radius 3 is 2.87 bits per heavy atom. The van der Waals surface area contributed by atoms with Gasteiger partial charge in [0, 0.05) is 19.1 Å². The first kappa shape index (κ1) is 12.9. The maximum absolute atomic E-state index is 5.76. The van der Waals surface area contributed by atoms with Crippen LogP contribution in [0.5, 0.6) is 0 Å². The van der Waals surface area contributed by atoms with Gasteiger partial charge in [-0.1, -0.05) is 0 Å². The third-order valence-electron chi connectivity index (χ3n) is 3.26. The van der Waals surface area contributed by atoms with E-state index in [2.05, 4.69) is 30.8 Å². The summed E-state index contributed by atoms with van der Waals surface area (Å²) in [5.41, 5.74) is 5.76. The Balaban J connectivity index is 2.16. The summed E-state index contributed by atoms with van der Waals surface area (Å²) in [6.07, 6.45) is 3.87. The first-order valence-corrected chi connectivity index (χ1v) is 6.20. The molecule has 1 heterocycles. The molecule has 0 aromatic rings. The lowest BCUT2D eigenvalue weighted by Crippen LogP contribution is -2.38.